The molecule has 4 rings (SSSR count). The summed E-state index contributed by atoms with van der Waals surface area (Å²) in [4.78, 5) is 13.7. The summed E-state index contributed by atoms with van der Waals surface area (Å²) < 4.78 is 1.99. The van der Waals surface area contributed by atoms with E-state index in [1.807, 2.05) is 89.1 Å². The Balaban J connectivity index is 1.55. The Labute approximate surface area is 155 Å². The molecule has 0 atom stereocenters. The number of nitrogens with one attached hydrogen (secondary N) is 1. The van der Waals surface area contributed by atoms with Crippen molar-refractivity contribution in [2.75, 3.05) is 11.1 Å². The van der Waals surface area contributed by atoms with Crippen LogP contribution in [0.1, 0.15) is 10.4 Å². The van der Waals surface area contributed by atoms with E-state index in [4.69, 9.17) is 5.73 Å². The maximum atomic E-state index is 12.6. The molecule has 0 aliphatic carbocycles. The predicted molar refractivity (Wildman–Crippen MR) is 108 cm³/mol. The molecule has 4 nitrogen and oxygen atoms in total. The zero-order valence-corrected chi connectivity index (χ0v) is 14.7. The van der Waals surface area contributed by atoms with Crippen molar-refractivity contribution in [3.63, 3.8) is 0 Å². The van der Waals surface area contributed by atoms with E-state index in [-0.39, 0.29) is 5.91 Å². The number of benzene rings is 2. The maximum absolute atomic E-state index is 12.6. The van der Waals surface area contributed by atoms with Crippen LogP contribution >= 0.6 is 11.3 Å². The van der Waals surface area contributed by atoms with Crippen molar-refractivity contribution in [3.8, 4) is 16.1 Å². The van der Waals surface area contributed by atoms with Gasteiger partial charge in [-0.3, -0.25) is 4.79 Å². The second-order valence-electron chi connectivity index (χ2n) is 5.87. The maximum Gasteiger partial charge on any atom is 0.255 e. The SMILES string of the molecule is Nc1ccc(-c2cccs2)cc1NC(=O)c1ccc(-n2cccc2)cc1. The quantitative estimate of drug-likeness (QED) is 0.502. The number of thiophene rings is 1. The topological polar surface area (TPSA) is 60.0 Å². The molecule has 2 heterocycles. The molecule has 0 radical (unpaired) electrons. The average Bonchev–Trinajstić information content (AvgIpc) is 3.38. The number of anilines is 2. The monoisotopic (exact) mass is 359 g/mol. The predicted octanol–water partition coefficient (Wildman–Crippen LogP) is 5.04. The molecule has 0 bridgehead atoms. The first kappa shape index (κ1) is 16.2. The Morgan fingerprint density at radius 1 is 0.962 bits per heavy atom. The van der Waals surface area contributed by atoms with E-state index in [1.54, 1.807) is 11.3 Å². The van der Waals surface area contributed by atoms with Crippen LogP contribution in [-0.4, -0.2) is 10.5 Å². The third-order valence-corrected chi connectivity index (χ3v) is 5.06. The van der Waals surface area contributed by atoms with Gasteiger partial charge >= 0.3 is 0 Å². The Kier molecular flexibility index (Phi) is 4.29. The summed E-state index contributed by atoms with van der Waals surface area (Å²) in [5.41, 5.74) is 9.83. The molecule has 26 heavy (non-hydrogen) atoms. The van der Waals surface area contributed by atoms with Gasteiger partial charge in [-0.25, -0.2) is 0 Å². The first-order valence-electron chi connectivity index (χ1n) is 8.19. The molecule has 0 fully saturated rings. The fourth-order valence-corrected chi connectivity index (χ4v) is 3.47. The fraction of sp³-hybridized carbons (Fsp3) is 0. The van der Waals surface area contributed by atoms with Gasteiger partial charge in [0.05, 0.1) is 11.4 Å². The van der Waals surface area contributed by atoms with Crippen molar-refractivity contribution in [3.05, 3.63) is 90.1 Å². The standard InChI is InChI=1S/C21H17N3OS/c22-18-10-7-16(20-4-3-13-26-20)14-19(18)23-21(25)15-5-8-17(9-6-15)24-11-1-2-12-24/h1-14H,22H2,(H,23,25). The lowest BCUT2D eigenvalue weighted by atomic mass is 10.1. The van der Waals surface area contributed by atoms with Crippen LogP contribution in [0.25, 0.3) is 16.1 Å². The molecule has 0 unspecified atom stereocenters. The number of carbonyl (C=O) groups is 1. The molecule has 3 N–H and O–H groups in total. The zero-order chi connectivity index (χ0) is 17.9. The van der Waals surface area contributed by atoms with Gasteiger partial charge in [-0.05, 0) is 65.5 Å². The van der Waals surface area contributed by atoms with Gasteiger partial charge in [-0.1, -0.05) is 12.1 Å². The normalized spacial score (nSPS) is 10.6. The summed E-state index contributed by atoms with van der Waals surface area (Å²) in [7, 11) is 0. The van der Waals surface area contributed by atoms with E-state index < -0.39 is 0 Å². The minimum absolute atomic E-state index is 0.181. The number of aromatic nitrogens is 1. The van der Waals surface area contributed by atoms with Gasteiger partial charge in [0, 0.05) is 28.5 Å². The highest BCUT2D eigenvalue weighted by Gasteiger charge is 2.10. The summed E-state index contributed by atoms with van der Waals surface area (Å²) in [6.45, 7) is 0. The third-order valence-electron chi connectivity index (χ3n) is 4.14. The molecule has 0 spiro atoms. The van der Waals surface area contributed by atoms with Gasteiger partial charge in [-0.15, -0.1) is 11.3 Å². The fourth-order valence-electron chi connectivity index (χ4n) is 2.75. The lowest BCUT2D eigenvalue weighted by molar-refractivity contribution is 0.102. The average molecular weight is 359 g/mol. The van der Waals surface area contributed by atoms with Crippen LogP contribution in [0.3, 0.4) is 0 Å². The Bertz CT molecular complexity index is 1020. The molecule has 128 valence electrons. The van der Waals surface area contributed by atoms with Crippen LogP contribution in [0.2, 0.25) is 0 Å². The number of rotatable bonds is 4. The van der Waals surface area contributed by atoms with Gasteiger partial charge in [0.15, 0.2) is 0 Å². The van der Waals surface area contributed by atoms with E-state index in [0.717, 1.165) is 16.1 Å². The van der Waals surface area contributed by atoms with E-state index in [2.05, 4.69) is 5.32 Å². The summed E-state index contributed by atoms with van der Waals surface area (Å²) in [5.74, 6) is -0.181. The highest BCUT2D eigenvalue weighted by molar-refractivity contribution is 7.13. The molecular weight excluding hydrogens is 342 g/mol. The number of hydrogen-bond donors (Lipinski definition) is 2. The zero-order valence-electron chi connectivity index (χ0n) is 13.9. The van der Waals surface area contributed by atoms with Gasteiger partial charge in [0.2, 0.25) is 0 Å². The van der Waals surface area contributed by atoms with Crippen LogP contribution in [0, 0.1) is 0 Å². The minimum atomic E-state index is -0.181. The highest BCUT2D eigenvalue weighted by Crippen LogP contribution is 2.30. The number of nitrogen functional groups attached to an aromatic ring is 1. The summed E-state index contributed by atoms with van der Waals surface area (Å²) in [5, 5.41) is 4.94. The molecule has 0 saturated heterocycles. The van der Waals surface area contributed by atoms with Gasteiger partial charge in [0.1, 0.15) is 0 Å². The lowest BCUT2D eigenvalue weighted by Crippen LogP contribution is -2.13. The smallest absolute Gasteiger partial charge is 0.255 e. The number of nitrogens with two attached hydrogens (primary N) is 1. The van der Waals surface area contributed by atoms with Crippen LogP contribution in [0.15, 0.2) is 84.5 Å². The number of nitrogens with zero attached hydrogens (tertiary/aromatic N) is 1. The van der Waals surface area contributed by atoms with Crippen molar-refractivity contribution in [1.82, 2.24) is 4.57 Å². The van der Waals surface area contributed by atoms with Crippen LogP contribution in [0.4, 0.5) is 11.4 Å². The number of carbonyl (C=O) groups excluding carboxylic acids is 1. The van der Waals surface area contributed by atoms with E-state index in [0.29, 0.717) is 16.9 Å². The van der Waals surface area contributed by atoms with Gasteiger partial charge < -0.3 is 15.6 Å². The van der Waals surface area contributed by atoms with E-state index in [1.165, 1.54) is 0 Å². The Morgan fingerprint density at radius 2 is 1.73 bits per heavy atom. The van der Waals surface area contributed by atoms with Crippen molar-refractivity contribution in [2.24, 2.45) is 0 Å². The summed E-state index contributed by atoms with van der Waals surface area (Å²) in [6.07, 6.45) is 3.93. The second kappa shape index (κ2) is 6.90. The highest BCUT2D eigenvalue weighted by atomic mass is 32.1. The van der Waals surface area contributed by atoms with Crippen LogP contribution in [-0.2, 0) is 0 Å². The summed E-state index contributed by atoms with van der Waals surface area (Å²) in [6, 6.07) is 21.1. The van der Waals surface area contributed by atoms with Crippen molar-refractivity contribution < 1.29 is 4.79 Å². The largest absolute Gasteiger partial charge is 0.397 e. The van der Waals surface area contributed by atoms with Crippen LogP contribution < -0.4 is 11.1 Å². The van der Waals surface area contributed by atoms with Crippen molar-refractivity contribution >= 4 is 28.6 Å². The lowest BCUT2D eigenvalue weighted by Gasteiger charge is -2.11. The second-order valence-corrected chi connectivity index (χ2v) is 6.82. The molecular formula is C21H17N3OS. The molecule has 0 aliphatic heterocycles. The van der Waals surface area contributed by atoms with Crippen LogP contribution in [0.5, 0.6) is 0 Å². The molecule has 0 aliphatic rings. The van der Waals surface area contributed by atoms with Gasteiger partial charge in [0.25, 0.3) is 5.91 Å². The molecule has 0 saturated carbocycles. The van der Waals surface area contributed by atoms with Gasteiger partial charge in [-0.2, -0.15) is 0 Å². The third kappa shape index (κ3) is 3.25. The van der Waals surface area contributed by atoms with E-state index in [9.17, 15) is 4.79 Å². The van der Waals surface area contributed by atoms with Crippen molar-refractivity contribution in [1.29, 1.82) is 0 Å². The number of amides is 1. The number of hydrogen-bond acceptors (Lipinski definition) is 3. The summed E-state index contributed by atoms with van der Waals surface area (Å²) >= 11 is 1.65. The first-order chi connectivity index (χ1) is 12.7. The molecule has 2 aromatic heterocycles. The minimum Gasteiger partial charge on any atom is -0.397 e. The molecule has 5 heteroatoms. The molecule has 2 aromatic carbocycles. The van der Waals surface area contributed by atoms with Crippen molar-refractivity contribution in [2.45, 2.75) is 0 Å². The Morgan fingerprint density at radius 3 is 2.42 bits per heavy atom. The molecule has 1 amide bonds. The first-order valence-corrected chi connectivity index (χ1v) is 9.07. The molecule has 4 aromatic rings. The Hall–Kier alpha value is -3.31. The van der Waals surface area contributed by atoms with E-state index >= 15 is 0 Å².